The maximum atomic E-state index is 10.5. The van der Waals surface area contributed by atoms with Crippen LogP contribution in [0.25, 0.3) is 0 Å². The van der Waals surface area contributed by atoms with Crippen molar-refractivity contribution in [1.29, 1.82) is 0 Å². The van der Waals surface area contributed by atoms with E-state index in [-0.39, 0.29) is 22.5 Å². The second kappa shape index (κ2) is 11.4. The lowest BCUT2D eigenvalue weighted by Gasteiger charge is -2.00. The molecular formula is C19H26O8S2. The minimum absolute atomic E-state index is 0.0666. The lowest BCUT2D eigenvalue weighted by molar-refractivity contribution is 0.0591. The zero-order chi connectivity index (χ0) is 22.1. The molecule has 0 radical (unpaired) electrons. The Morgan fingerprint density at radius 2 is 1.21 bits per heavy atom. The maximum absolute atomic E-state index is 10.5. The number of hydrogen-bond donors (Lipinski definition) is 3. The second-order valence-electron chi connectivity index (χ2n) is 6.39. The van der Waals surface area contributed by atoms with E-state index in [1.807, 2.05) is 13.8 Å². The van der Waals surface area contributed by atoms with Gasteiger partial charge in [0.25, 0.3) is 20.2 Å². The van der Waals surface area contributed by atoms with Gasteiger partial charge in [-0.05, 0) is 51.0 Å². The van der Waals surface area contributed by atoms with Crippen molar-refractivity contribution in [2.75, 3.05) is 13.2 Å². The minimum Gasteiger partial charge on any atom is -0.394 e. The molecule has 3 rings (SSSR count). The lowest BCUT2D eigenvalue weighted by Crippen LogP contribution is -2.09. The Morgan fingerprint density at radius 1 is 0.828 bits per heavy atom. The van der Waals surface area contributed by atoms with Crippen molar-refractivity contribution in [3.63, 3.8) is 0 Å². The highest BCUT2D eigenvalue weighted by Gasteiger charge is 2.12. The first kappa shape index (κ1) is 25.2. The summed E-state index contributed by atoms with van der Waals surface area (Å²) in [6.45, 7) is 4.72. The van der Waals surface area contributed by atoms with Crippen LogP contribution in [0.4, 0.5) is 0 Å². The predicted octanol–water partition coefficient (Wildman–Crippen LogP) is 2.64. The molecule has 1 unspecified atom stereocenters. The van der Waals surface area contributed by atoms with Crippen LogP contribution in [0.15, 0.2) is 58.3 Å². The Labute approximate surface area is 171 Å². The van der Waals surface area contributed by atoms with Crippen molar-refractivity contribution in [2.45, 2.75) is 42.6 Å². The van der Waals surface area contributed by atoms with E-state index >= 15 is 0 Å². The standard InChI is InChI=1S/2C7H8O3S.C5H10O2/c2*1-6-2-4-7(5-3-6)11(8,9)10;6-4-5-2-1-3-7-5/h2*2-5H,1H3,(H,8,9,10);5-6H,1-4H2. The SMILES string of the molecule is Cc1ccc(S(=O)(=O)O)cc1.Cc1ccc(S(=O)(=O)O)cc1.OCC1CCCO1. The number of ether oxygens (including phenoxy) is 1. The van der Waals surface area contributed by atoms with Gasteiger partial charge in [0.2, 0.25) is 0 Å². The molecule has 1 fully saturated rings. The molecule has 162 valence electrons. The van der Waals surface area contributed by atoms with Gasteiger partial charge in [-0.15, -0.1) is 0 Å². The molecule has 1 aliphatic rings. The molecule has 0 aliphatic carbocycles. The summed E-state index contributed by atoms with van der Waals surface area (Å²) >= 11 is 0. The van der Waals surface area contributed by atoms with Gasteiger partial charge in [-0.3, -0.25) is 9.11 Å². The van der Waals surface area contributed by atoms with Crippen molar-refractivity contribution in [2.24, 2.45) is 0 Å². The fourth-order valence-corrected chi connectivity index (χ4v) is 3.17. The van der Waals surface area contributed by atoms with Crippen molar-refractivity contribution >= 4 is 20.2 Å². The van der Waals surface area contributed by atoms with Crippen molar-refractivity contribution in [3.05, 3.63) is 59.7 Å². The number of aliphatic hydroxyl groups is 1. The second-order valence-corrected chi connectivity index (χ2v) is 9.24. The largest absolute Gasteiger partial charge is 0.394 e. The van der Waals surface area contributed by atoms with Crippen LogP contribution in [-0.2, 0) is 25.0 Å². The van der Waals surface area contributed by atoms with Gasteiger partial charge in [0, 0.05) is 6.61 Å². The van der Waals surface area contributed by atoms with E-state index in [1.165, 1.54) is 24.3 Å². The molecule has 2 aromatic carbocycles. The van der Waals surface area contributed by atoms with Gasteiger partial charge in [0.05, 0.1) is 22.5 Å². The average molecular weight is 447 g/mol. The van der Waals surface area contributed by atoms with E-state index in [9.17, 15) is 16.8 Å². The van der Waals surface area contributed by atoms with E-state index in [1.54, 1.807) is 24.3 Å². The quantitative estimate of drug-likeness (QED) is 0.612. The highest BCUT2D eigenvalue weighted by atomic mass is 32.2. The van der Waals surface area contributed by atoms with Crippen LogP contribution in [0, 0.1) is 13.8 Å². The average Bonchev–Trinajstić information content (AvgIpc) is 3.16. The van der Waals surface area contributed by atoms with Gasteiger partial charge < -0.3 is 9.84 Å². The third-order valence-corrected chi connectivity index (χ3v) is 5.60. The Balaban J connectivity index is 0.000000223. The molecule has 2 aromatic rings. The van der Waals surface area contributed by atoms with Gasteiger partial charge in [-0.1, -0.05) is 35.4 Å². The van der Waals surface area contributed by atoms with Gasteiger partial charge in [-0.25, -0.2) is 0 Å². The number of aryl methyl sites for hydroxylation is 2. The summed E-state index contributed by atoms with van der Waals surface area (Å²) in [5.74, 6) is 0. The lowest BCUT2D eigenvalue weighted by atomic mass is 10.2. The summed E-state index contributed by atoms with van der Waals surface area (Å²) in [6, 6.07) is 12.0. The molecule has 1 atom stereocenters. The number of benzene rings is 2. The molecule has 1 heterocycles. The van der Waals surface area contributed by atoms with Crippen LogP contribution in [0.3, 0.4) is 0 Å². The van der Waals surface area contributed by atoms with Crippen LogP contribution in [0.2, 0.25) is 0 Å². The summed E-state index contributed by atoms with van der Waals surface area (Å²) < 4.78 is 64.2. The molecule has 0 saturated carbocycles. The fraction of sp³-hybridized carbons (Fsp3) is 0.368. The molecule has 1 saturated heterocycles. The first-order valence-corrected chi connectivity index (χ1v) is 11.6. The minimum atomic E-state index is -4.02. The smallest absolute Gasteiger partial charge is 0.294 e. The molecule has 0 spiro atoms. The van der Waals surface area contributed by atoms with Gasteiger partial charge >= 0.3 is 0 Å². The number of rotatable bonds is 3. The van der Waals surface area contributed by atoms with Crippen LogP contribution in [0.1, 0.15) is 24.0 Å². The third-order valence-electron chi connectivity index (χ3n) is 3.87. The van der Waals surface area contributed by atoms with Crippen molar-refractivity contribution < 1.29 is 35.8 Å². The summed E-state index contributed by atoms with van der Waals surface area (Å²) in [6.07, 6.45) is 2.31. The summed E-state index contributed by atoms with van der Waals surface area (Å²) in [7, 11) is -8.04. The summed E-state index contributed by atoms with van der Waals surface area (Å²) in [4.78, 5) is -0.133. The van der Waals surface area contributed by atoms with Gasteiger partial charge in [-0.2, -0.15) is 16.8 Å². The van der Waals surface area contributed by atoms with Crippen LogP contribution in [-0.4, -0.2) is 50.4 Å². The molecule has 10 heteroatoms. The monoisotopic (exact) mass is 446 g/mol. The topological polar surface area (TPSA) is 138 Å². The first-order chi connectivity index (χ1) is 13.4. The highest BCUT2D eigenvalue weighted by molar-refractivity contribution is 7.86. The Bertz CT molecular complexity index is 871. The van der Waals surface area contributed by atoms with E-state index in [0.717, 1.165) is 30.6 Å². The molecule has 0 amide bonds. The Hall–Kier alpha value is -1.82. The molecule has 0 aromatic heterocycles. The predicted molar refractivity (Wildman–Crippen MR) is 108 cm³/mol. The van der Waals surface area contributed by atoms with E-state index in [0.29, 0.717) is 0 Å². The third kappa shape index (κ3) is 9.97. The highest BCUT2D eigenvalue weighted by Crippen LogP contribution is 2.10. The van der Waals surface area contributed by atoms with E-state index < -0.39 is 20.2 Å². The molecule has 29 heavy (non-hydrogen) atoms. The summed E-state index contributed by atoms with van der Waals surface area (Å²) in [5.41, 5.74) is 1.91. The normalized spacial score (nSPS) is 16.2. The summed E-state index contributed by atoms with van der Waals surface area (Å²) in [5, 5.41) is 8.44. The van der Waals surface area contributed by atoms with Crippen molar-refractivity contribution in [3.8, 4) is 0 Å². The Morgan fingerprint density at radius 3 is 1.41 bits per heavy atom. The van der Waals surface area contributed by atoms with Crippen LogP contribution >= 0.6 is 0 Å². The number of hydrogen-bond acceptors (Lipinski definition) is 6. The van der Waals surface area contributed by atoms with Crippen molar-refractivity contribution in [1.82, 2.24) is 0 Å². The van der Waals surface area contributed by atoms with Crippen LogP contribution < -0.4 is 0 Å². The number of aliphatic hydroxyl groups excluding tert-OH is 1. The van der Waals surface area contributed by atoms with Gasteiger partial charge in [0.15, 0.2) is 0 Å². The molecule has 0 bridgehead atoms. The molecule has 3 N–H and O–H groups in total. The zero-order valence-corrected chi connectivity index (χ0v) is 17.9. The van der Waals surface area contributed by atoms with E-state index in [4.69, 9.17) is 18.9 Å². The Kier molecular flexibility index (Phi) is 9.90. The van der Waals surface area contributed by atoms with E-state index in [2.05, 4.69) is 0 Å². The zero-order valence-electron chi connectivity index (χ0n) is 16.2. The molecular weight excluding hydrogens is 420 g/mol. The maximum Gasteiger partial charge on any atom is 0.294 e. The molecule has 1 aliphatic heterocycles. The molecule has 8 nitrogen and oxygen atoms in total. The van der Waals surface area contributed by atoms with Gasteiger partial charge in [0.1, 0.15) is 0 Å². The van der Waals surface area contributed by atoms with Crippen LogP contribution in [0.5, 0.6) is 0 Å². The fourth-order valence-electron chi connectivity index (χ4n) is 2.21. The first-order valence-electron chi connectivity index (χ1n) is 8.74.